The van der Waals surface area contributed by atoms with E-state index in [4.69, 9.17) is 4.74 Å². The van der Waals surface area contributed by atoms with Crippen molar-refractivity contribution in [2.75, 3.05) is 25.0 Å². The summed E-state index contributed by atoms with van der Waals surface area (Å²) in [5.74, 6) is -1.87. The highest BCUT2D eigenvalue weighted by Gasteiger charge is 2.57. The van der Waals surface area contributed by atoms with E-state index in [1.54, 1.807) is 6.92 Å². The van der Waals surface area contributed by atoms with E-state index < -0.39 is 29.2 Å². The molecule has 2 atom stereocenters. The zero-order valence-electron chi connectivity index (χ0n) is 17.9. The molecular weight excluding hydrogens is 425 g/mol. The largest absolute Gasteiger partial charge is 0.458 e. The summed E-state index contributed by atoms with van der Waals surface area (Å²) in [6.07, 6.45) is -0.276. The predicted molar refractivity (Wildman–Crippen MR) is 110 cm³/mol. The van der Waals surface area contributed by atoms with E-state index in [1.807, 2.05) is 0 Å². The van der Waals surface area contributed by atoms with Crippen molar-refractivity contribution in [3.63, 3.8) is 0 Å². The van der Waals surface area contributed by atoms with Crippen LogP contribution in [0.4, 0.5) is 18.9 Å². The van der Waals surface area contributed by atoms with Gasteiger partial charge in [-0.3, -0.25) is 9.59 Å². The number of nitrogens with one attached hydrogen (secondary N) is 1. The number of amides is 1. The van der Waals surface area contributed by atoms with Crippen LogP contribution in [-0.2, 0) is 20.5 Å². The number of alkyl halides is 3. The first kappa shape index (κ1) is 22.3. The Hall–Kier alpha value is -2.88. The first-order valence-corrected chi connectivity index (χ1v) is 10.6. The van der Waals surface area contributed by atoms with Crippen LogP contribution < -0.4 is 5.32 Å². The zero-order valence-corrected chi connectivity index (χ0v) is 17.9. The second-order valence-electron chi connectivity index (χ2n) is 8.39. The molecular formula is C22H25F3N4O3. The smallest absolute Gasteiger partial charge is 0.416 e. The van der Waals surface area contributed by atoms with Crippen molar-refractivity contribution >= 4 is 17.6 Å². The number of rotatable bonds is 4. The zero-order chi connectivity index (χ0) is 23.1. The van der Waals surface area contributed by atoms with Gasteiger partial charge >= 0.3 is 12.1 Å². The molecule has 1 amide bonds. The molecule has 3 heterocycles. The third-order valence-electron chi connectivity index (χ3n) is 6.48. The summed E-state index contributed by atoms with van der Waals surface area (Å²) < 4.78 is 45.4. The molecule has 10 heteroatoms. The van der Waals surface area contributed by atoms with E-state index in [1.165, 1.54) is 29.2 Å². The minimum Gasteiger partial charge on any atom is -0.458 e. The van der Waals surface area contributed by atoms with Gasteiger partial charge in [0, 0.05) is 25.9 Å². The molecule has 172 valence electrons. The number of piperidine rings is 1. The molecule has 1 aromatic carbocycles. The van der Waals surface area contributed by atoms with Crippen LogP contribution >= 0.6 is 0 Å². The van der Waals surface area contributed by atoms with Crippen LogP contribution in [0, 0.1) is 11.8 Å². The van der Waals surface area contributed by atoms with Gasteiger partial charge in [-0.2, -0.15) is 18.3 Å². The van der Waals surface area contributed by atoms with Gasteiger partial charge in [0.25, 0.3) is 0 Å². The van der Waals surface area contributed by atoms with E-state index in [-0.39, 0.29) is 11.9 Å². The summed E-state index contributed by atoms with van der Waals surface area (Å²) in [6.45, 7) is 6.19. The molecule has 1 N–H and O–H groups in total. The average molecular weight is 450 g/mol. The first-order valence-electron chi connectivity index (χ1n) is 10.6. The molecule has 0 aliphatic carbocycles. The summed E-state index contributed by atoms with van der Waals surface area (Å²) in [7, 11) is 0. The molecule has 0 bridgehead atoms. The van der Waals surface area contributed by atoms with E-state index in [0.29, 0.717) is 24.2 Å². The molecule has 1 aromatic heterocycles. The van der Waals surface area contributed by atoms with E-state index >= 15 is 0 Å². The van der Waals surface area contributed by atoms with Crippen LogP contribution in [-0.4, -0.2) is 51.8 Å². The van der Waals surface area contributed by atoms with Gasteiger partial charge in [-0.1, -0.05) is 13.8 Å². The normalized spacial score (nSPS) is 23.3. The fraction of sp³-hybridized carbons (Fsp3) is 0.500. The summed E-state index contributed by atoms with van der Waals surface area (Å²) in [5.41, 5.74) is -0.742. The Morgan fingerprint density at radius 3 is 2.50 bits per heavy atom. The molecule has 2 saturated heterocycles. The number of esters is 1. The van der Waals surface area contributed by atoms with Crippen molar-refractivity contribution in [2.24, 2.45) is 11.8 Å². The van der Waals surface area contributed by atoms with Crippen LogP contribution in [0.1, 0.15) is 32.3 Å². The Labute approximate surface area is 183 Å². The molecule has 0 saturated carbocycles. The highest BCUT2D eigenvalue weighted by Crippen LogP contribution is 2.44. The lowest BCUT2D eigenvalue weighted by atomic mass is 9.75. The molecule has 7 nitrogen and oxygen atoms in total. The van der Waals surface area contributed by atoms with Gasteiger partial charge in [0.2, 0.25) is 5.91 Å². The number of ether oxygens (including phenoxy) is 1. The van der Waals surface area contributed by atoms with E-state index in [9.17, 15) is 22.8 Å². The van der Waals surface area contributed by atoms with Crippen molar-refractivity contribution in [1.82, 2.24) is 14.7 Å². The number of hydrogen-bond acceptors (Lipinski definition) is 5. The maximum atomic E-state index is 13.2. The van der Waals surface area contributed by atoms with Crippen LogP contribution in [0.15, 0.2) is 36.7 Å². The number of hydrogen-bond donors (Lipinski definition) is 1. The van der Waals surface area contributed by atoms with Crippen LogP contribution in [0.25, 0.3) is 5.69 Å². The number of carbonyl (C=O) groups is 2. The highest BCUT2D eigenvalue weighted by molar-refractivity contribution is 5.97. The first-order chi connectivity index (χ1) is 15.1. The lowest BCUT2D eigenvalue weighted by Gasteiger charge is -2.40. The number of likely N-dealkylation sites (tertiary alicyclic amines) is 1. The van der Waals surface area contributed by atoms with Gasteiger partial charge in [-0.15, -0.1) is 0 Å². The van der Waals surface area contributed by atoms with Gasteiger partial charge in [0.05, 0.1) is 41.2 Å². The Balaban J connectivity index is 1.49. The van der Waals surface area contributed by atoms with Crippen molar-refractivity contribution < 1.29 is 27.5 Å². The minimum absolute atomic E-state index is 0.319. The Bertz CT molecular complexity index is 995. The van der Waals surface area contributed by atoms with Gasteiger partial charge in [0.15, 0.2) is 0 Å². The van der Waals surface area contributed by atoms with Crippen molar-refractivity contribution in [3.05, 3.63) is 42.2 Å². The fourth-order valence-corrected chi connectivity index (χ4v) is 4.63. The van der Waals surface area contributed by atoms with E-state index in [0.717, 1.165) is 31.8 Å². The monoisotopic (exact) mass is 450 g/mol. The molecule has 0 radical (unpaired) electrons. The predicted octanol–water partition coefficient (Wildman–Crippen LogP) is 3.49. The van der Waals surface area contributed by atoms with Crippen molar-refractivity contribution in [2.45, 2.75) is 38.5 Å². The maximum absolute atomic E-state index is 13.2. The third kappa shape index (κ3) is 4.11. The number of carbonyl (C=O) groups excluding carboxylic acids is 2. The quantitative estimate of drug-likeness (QED) is 0.722. The van der Waals surface area contributed by atoms with Crippen molar-refractivity contribution in [3.8, 4) is 5.69 Å². The standard InChI is InChI=1S/C22H25F3N4O3/c1-3-28-10-8-21(9-11-28)18(14(2)20(31)32-21)19(30)27-16-12-26-29(13-16)17-6-4-15(5-7-17)22(23,24)25/h4-7,12-14,18H,3,8-11H2,1-2H3,(H,27,30). The topological polar surface area (TPSA) is 76.5 Å². The summed E-state index contributed by atoms with van der Waals surface area (Å²) in [6, 6.07) is 4.57. The van der Waals surface area contributed by atoms with Gasteiger partial charge in [-0.25, -0.2) is 4.68 Å². The number of nitrogens with zero attached hydrogens (tertiary/aromatic N) is 3. The minimum atomic E-state index is -4.41. The van der Waals surface area contributed by atoms with E-state index in [2.05, 4.69) is 22.2 Å². The summed E-state index contributed by atoms with van der Waals surface area (Å²) in [5, 5.41) is 6.94. The second-order valence-corrected chi connectivity index (χ2v) is 8.39. The van der Waals surface area contributed by atoms with Gasteiger partial charge < -0.3 is 15.0 Å². The molecule has 2 unspecified atom stereocenters. The average Bonchev–Trinajstić information content (AvgIpc) is 3.31. The second kappa shape index (κ2) is 8.23. The summed E-state index contributed by atoms with van der Waals surface area (Å²) in [4.78, 5) is 27.8. The lowest BCUT2D eigenvalue weighted by molar-refractivity contribution is -0.155. The Kier molecular flexibility index (Phi) is 5.74. The highest BCUT2D eigenvalue weighted by atomic mass is 19.4. The SMILES string of the molecule is CCN1CCC2(CC1)OC(=O)C(C)C2C(=O)Nc1cnn(-c2ccc(C(F)(F)F)cc2)c1. The number of anilines is 1. The van der Waals surface area contributed by atoms with Gasteiger partial charge in [0.1, 0.15) is 5.60 Å². The Morgan fingerprint density at radius 2 is 1.91 bits per heavy atom. The Morgan fingerprint density at radius 1 is 1.25 bits per heavy atom. The molecule has 2 aromatic rings. The van der Waals surface area contributed by atoms with Crippen LogP contribution in [0.5, 0.6) is 0 Å². The van der Waals surface area contributed by atoms with Crippen LogP contribution in [0.3, 0.4) is 0 Å². The number of aromatic nitrogens is 2. The lowest BCUT2D eigenvalue weighted by Crippen LogP contribution is -2.51. The number of benzene rings is 1. The fourth-order valence-electron chi connectivity index (χ4n) is 4.63. The van der Waals surface area contributed by atoms with Crippen molar-refractivity contribution in [1.29, 1.82) is 0 Å². The maximum Gasteiger partial charge on any atom is 0.416 e. The molecule has 1 spiro atoms. The molecule has 32 heavy (non-hydrogen) atoms. The molecule has 2 aliphatic heterocycles. The molecule has 2 fully saturated rings. The van der Waals surface area contributed by atoms with Crippen LogP contribution in [0.2, 0.25) is 0 Å². The number of halogens is 3. The summed E-state index contributed by atoms with van der Waals surface area (Å²) >= 11 is 0. The third-order valence-corrected chi connectivity index (χ3v) is 6.48. The molecule has 2 aliphatic rings. The molecule has 4 rings (SSSR count). The van der Waals surface area contributed by atoms with Gasteiger partial charge in [-0.05, 0) is 30.8 Å².